The highest BCUT2D eigenvalue weighted by atomic mass is 35.5. The van der Waals surface area contributed by atoms with E-state index in [0.29, 0.717) is 0 Å². The minimum atomic E-state index is 0.739. The minimum absolute atomic E-state index is 0.739. The first-order valence-electron chi connectivity index (χ1n) is 8.23. The molecule has 0 amide bonds. The molecule has 1 saturated heterocycles. The molecular formula is C17H27ClN4O. The van der Waals surface area contributed by atoms with Crippen molar-refractivity contribution in [2.75, 3.05) is 53.0 Å². The number of aliphatic imine (C=N–C) groups is 1. The fourth-order valence-electron chi connectivity index (χ4n) is 2.55. The summed E-state index contributed by atoms with van der Waals surface area (Å²) < 4.78 is 5.37. The Bertz CT molecular complexity index is 503. The van der Waals surface area contributed by atoms with Crippen LogP contribution in [0.5, 0.6) is 0 Å². The van der Waals surface area contributed by atoms with Gasteiger partial charge in [0.2, 0.25) is 0 Å². The highest BCUT2D eigenvalue weighted by Gasteiger charge is 2.11. The third kappa shape index (κ3) is 6.01. The van der Waals surface area contributed by atoms with Gasteiger partial charge in [-0.3, -0.25) is 9.89 Å². The molecule has 0 saturated carbocycles. The molecule has 1 aliphatic heterocycles. The van der Waals surface area contributed by atoms with Crippen molar-refractivity contribution in [1.82, 2.24) is 15.1 Å². The number of rotatable bonds is 6. The van der Waals surface area contributed by atoms with E-state index in [4.69, 9.17) is 21.3 Å². The van der Waals surface area contributed by atoms with Gasteiger partial charge in [0.25, 0.3) is 0 Å². The van der Waals surface area contributed by atoms with Gasteiger partial charge in [0.15, 0.2) is 5.96 Å². The Morgan fingerprint density at radius 1 is 1.35 bits per heavy atom. The summed E-state index contributed by atoms with van der Waals surface area (Å²) >= 11 is 6.25. The van der Waals surface area contributed by atoms with Gasteiger partial charge in [-0.15, -0.1) is 0 Å². The zero-order valence-corrected chi connectivity index (χ0v) is 14.9. The van der Waals surface area contributed by atoms with Crippen LogP contribution in [0.25, 0.3) is 0 Å². The zero-order chi connectivity index (χ0) is 16.5. The van der Waals surface area contributed by atoms with E-state index in [1.807, 2.05) is 25.2 Å². The van der Waals surface area contributed by atoms with Crippen LogP contribution in [-0.4, -0.2) is 68.7 Å². The second-order valence-electron chi connectivity index (χ2n) is 5.64. The summed E-state index contributed by atoms with van der Waals surface area (Å²) in [6.07, 6.45) is 0. The van der Waals surface area contributed by atoms with Crippen molar-refractivity contribution in [2.45, 2.75) is 13.5 Å². The van der Waals surface area contributed by atoms with Crippen molar-refractivity contribution >= 4 is 17.6 Å². The summed E-state index contributed by atoms with van der Waals surface area (Å²) in [7, 11) is 2.04. The molecule has 2 rings (SSSR count). The Kier molecular flexibility index (Phi) is 7.65. The lowest BCUT2D eigenvalue weighted by Crippen LogP contribution is -2.40. The van der Waals surface area contributed by atoms with Crippen LogP contribution >= 0.6 is 11.6 Å². The lowest BCUT2D eigenvalue weighted by Gasteiger charge is -2.26. The van der Waals surface area contributed by atoms with Crippen molar-refractivity contribution in [2.24, 2.45) is 4.99 Å². The number of hydrogen-bond donors (Lipinski definition) is 1. The van der Waals surface area contributed by atoms with Crippen molar-refractivity contribution in [3.05, 3.63) is 34.9 Å². The molecule has 0 radical (unpaired) electrons. The standard InChI is InChI=1S/C17H27ClN4O/c1-3-19-17(20-8-9-22-10-12-23-13-11-22)21(2)14-15-6-4-5-7-16(15)18/h4-7H,3,8-14H2,1-2H3,(H,19,20). The largest absolute Gasteiger partial charge is 0.379 e. The Balaban J connectivity index is 1.90. The van der Waals surface area contributed by atoms with E-state index >= 15 is 0 Å². The van der Waals surface area contributed by atoms with Crippen molar-refractivity contribution in [3.63, 3.8) is 0 Å². The second-order valence-corrected chi connectivity index (χ2v) is 6.04. The summed E-state index contributed by atoms with van der Waals surface area (Å²) in [5.74, 6) is 0.917. The minimum Gasteiger partial charge on any atom is -0.379 e. The van der Waals surface area contributed by atoms with Gasteiger partial charge in [-0.2, -0.15) is 0 Å². The maximum absolute atomic E-state index is 6.25. The summed E-state index contributed by atoms with van der Waals surface area (Å²) in [5, 5.41) is 4.14. The predicted octanol–water partition coefficient (Wildman–Crippen LogP) is 2.07. The average Bonchev–Trinajstić information content (AvgIpc) is 2.57. The first kappa shape index (κ1) is 18.0. The van der Waals surface area contributed by atoms with Crippen molar-refractivity contribution in [1.29, 1.82) is 0 Å². The molecule has 128 valence electrons. The maximum atomic E-state index is 6.25. The van der Waals surface area contributed by atoms with E-state index < -0.39 is 0 Å². The van der Waals surface area contributed by atoms with Crippen molar-refractivity contribution in [3.8, 4) is 0 Å². The smallest absolute Gasteiger partial charge is 0.194 e. The van der Waals surface area contributed by atoms with Gasteiger partial charge >= 0.3 is 0 Å². The van der Waals surface area contributed by atoms with E-state index in [1.54, 1.807) is 0 Å². The van der Waals surface area contributed by atoms with Gasteiger partial charge < -0.3 is 15.0 Å². The quantitative estimate of drug-likeness (QED) is 0.637. The maximum Gasteiger partial charge on any atom is 0.194 e. The molecule has 1 aliphatic rings. The normalized spacial score (nSPS) is 16.4. The Labute approximate surface area is 144 Å². The first-order valence-corrected chi connectivity index (χ1v) is 8.61. The molecule has 0 bridgehead atoms. The number of benzene rings is 1. The molecule has 5 nitrogen and oxygen atoms in total. The monoisotopic (exact) mass is 338 g/mol. The number of nitrogens with one attached hydrogen (secondary N) is 1. The molecule has 0 aliphatic carbocycles. The molecule has 0 atom stereocenters. The highest BCUT2D eigenvalue weighted by molar-refractivity contribution is 6.31. The van der Waals surface area contributed by atoms with Crippen LogP contribution in [-0.2, 0) is 11.3 Å². The zero-order valence-electron chi connectivity index (χ0n) is 14.1. The Hall–Kier alpha value is -1.30. The van der Waals surface area contributed by atoms with Gasteiger partial charge in [0.05, 0.1) is 19.8 Å². The fourth-order valence-corrected chi connectivity index (χ4v) is 2.74. The Morgan fingerprint density at radius 2 is 2.09 bits per heavy atom. The van der Waals surface area contributed by atoms with E-state index in [0.717, 1.165) is 69.0 Å². The Morgan fingerprint density at radius 3 is 2.78 bits per heavy atom. The second kappa shape index (κ2) is 9.75. The first-order chi connectivity index (χ1) is 11.2. The molecule has 1 aromatic rings. The molecule has 23 heavy (non-hydrogen) atoms. The van der Waals surface area contributed by atoms with Crippen LogP contribution in [0.15, 0.2) is 29.3 Å². The summed E-state index contributed by atoms with van der Waals surface area (Å²) in [4.78, 5) is 9.25. The number of nitrogens with zero attached hydrogens (tertiary/aromatic N) is 3. The highest BCUT2D eigenvalue weighted by Crippen LogP contribution is 2.16. The molecule has 1 heterocycles. The molecule has 1 fully saturated rings. The van der Waals surface area contributed by atoms with Crippen LogP contribution in [0.4, 0.5) is 0 Å². The molecule has 0 unspecified atom stereocenters. The van der Waals surface area contributed by atoms with E-state index in [-0.39, 0.29) is 0 Å². The summed E-state index contributed by atoms with van der Waals surface area (Å²) in [5.41, 5.74) is 1.11. The van der Waals surface area contributed by atoms with Crippen LogP contribution in [0, 0.1) is 0 Å². The van der Waals surface area contributed by atoms with E-state index in [9.17, 15) is 0 Å². The number of halogens is 1. The summed E-state index contributed by atoms with van der Waals surface area (Å²) in [6, 6.07) is 7.94. The predicted molar refractivity (Wildman–Crippen MR) is 96.2 cm³/mol. The van der Waals surface area contributed by atoms with Crippen LogP contribution < -0.4 is 5.32 Å². The lowest BCUT2D eigenvalue weighted by atomic mass is 10.2. The SMILES string of the molecule is CCNC(=NCCN1CCOCC1)N(C)Cc1ccccc1Cl. The average molecular weight is 339 g/mol. The summed E-state index contributed by atoms with van der Waals surface area (Å²) in [6.45, 7) is 9.09. The molecule has 1 aromatic carbocycles. The van der Waals surface area contributed by atoms with E-state index in [2.05, 4.69) is 28.1 Å². The third-order valence-electron chi connectivity index (χ3n) is 3.84. The van der Waals surface area contributed by atoms with Gasteiger partial charge in [-0.1, -0.05) is 29.8 Å². The third-order valence-corrected chi connectivity index (χ3v) is 4.21. The number of ether oxygens (including phenoxy) is 1. The van der Waals surface area contributed by atoms with Crippen LogP contribution in [0.3, 0.4) is 0 Å². The topological polar surface area (TPSA) is 40.1 Å². The fraction of sp³-hybridized carbons (Fsp3) is 0.588. The van der Waals surface area contributed by atoms with Gasteiger partial charge in [0, 0.05) is 44.8 Å². The van der Waals surface area contributed by atoms with Gasteiger partial charge in [-0.05, 0) is 18.6 Å². The van der Waals surface area contributed by atoms with Gasteiger partial charge in [-0.25, -0.2) is 0 Å². The van der Waals surface area contributed by atoms with E-state index in [1.165, 1.54) is 0 Å². The molecule has 1 N–H and O–H groups in total. The van der Waals surface area contributed by atoms with Crippen LogP contribution in [0.1, 0.15) is 12.5 Å². The molecule has 0 aromatic heterocycles. The molecule has 6 heteroatoms. The molecule has 0 spiro atoms. The number of morpholine rings is 1. The lowest BCUT2D eigenvalue weighted by molar-refractivity contribution is 0.0394. The van der Waals surface area contributed by atoms with Crippen LogP contribution in [0.2, 0.25) is 5.02 Å². The van der Waals surface area contributed by atoms with Crippen molar-refractivity contribution < 1.29 is 4.74 Å². The molecular weight excluding hydrogens is 312 g/mol. The van der Waals surface area contributed by atoms with Gasteiger partial charge in [0.1, 0.15) is 0 Å². The number of guanidine groups is 1. The number of hydrogen-bond acceptors (Lipinski definition) is 3.